The third kappa shape index (κ3) is 4.40. The van der Waals surface area contributed by atoms with Gasteiger partial charge in [0.05, 0.1) is 24.6 Å². The molecule has 2 heterocycles. The minimum atomic E-state index is -1.03. The van der Waals surface area contributed by atoms with Gasteiger partial charge >= 0.3 is 5.97 Å². The Labute approximate surface area is 180 Å². The lowest BCUT2D eigenvalue weighted by Crippen LogP contribution is -2.43. The molecular formula is C22H27N5O4. The summed E-state index contributed by atoms with van der Waals surface area (Å²) < 4.78 is 5.34. The van der Waals surface area contributed by atoms with Crippen LogP contribution in [-0.2, 0) is 4.79 Å². The molecular weight excluding hydrogens is 398 g/mol. The molecule has 1 unspecified atom stereocenters. The highest BCUT2D eigenvalue weighted by atomic mass is 16.5. The van der Waals surface area contributed by atoms with E-state index in [-0.39, 0.29) is 17.5 Å². The first-order valence-corrected chi connectivity index (χ1v) is 10.6. The number of benzene rings is 1. The van der Waals surface area contributed by atoms with Crippen molar-refractivity contribution in [1.29, 1.82) is 0 Å². The normalized spacial score (nSPS) is 19.2. The van der Waals surface area contributed by atoms with Crippen LogP contribution in [0.3, 0.4) is 0 Å². The number of carbonyl (C=O) groups excluding carboxylic acids is 1. The van der Waals surface area contributed by atoms with Crippen LogP contribution in [0, 0.1) is 0 Å². The second-order valence-electron chi connectivity index (χ2n) is 8.08. The van der Waals surface area contributed by atoms with E-state index in [1.807, 2.05) is 0 Å². The van der Waals surface area contributed by atoms with Crippen molar-refractivity contribution < 1.29 is 19.4 Å². The summed E-state index contributed by atoms with van der Waals surface area (Å²) in [6, 6.07) is 4.93. The molecule has 1 fully saturated rings. The van der Waals surface area contributed by atoms with Gasteiger partial charge in [0.15, 0.2) is 5.82 Å². The molecule has 0 bridgehead atoms. The average Bonchev–Trinajstić information content (AvgIpc) is 2.88. The van der Waals surface area contributed by atoms with E-state index in [0.717, 1.165) is 12.8 Å². The largest absolute Gasteiger partial charge is 0.495 e. The standard InChI is InChI=1S/C22H27N5O4/c1-13-10-19(28)24-17-12-23-22(26-20(17)27(13)15-6-4-3-5-7-15)25-16-9-8-14(21(29)30)11-18(16)31-2/h8-9,11-13,15H,3-7,10H2,1-2H3,(H,24,28)(H,29,30)(H,23,25,26). The fraction of sp³-hybridized carbons (Fsp3) is 0.455. The number of nitrogens with one attached hydrogen (secondary N) is 2. The van der Waals surface area contributed by atoms with Crippen molar-refractivity contribution in [2.45, 2.75) is 57.5 Å². The van der Waals surface area contributed by atoms with Gasteiger partial charge in [0, 0.05) is 18.5 Å². The Bertz CT molecular complexity index is 990. The zero-order valence-electron chi connectivity index (χ0n) is 17.7. The molecule has 31 heavy (non-hydrogen) atoms. The van der Waals surface area contributed by atoms with Gasteiger partial charge in [0.25, 0.3) is 0 Å². The Morgan fingerprint density at radius 2 is 2.06 bits per heavy atom. The smallest absolute Gasteiger partial charge is 0.335 e. The zero-order valence-corrected chi connectivity index (χ0v) is 17.7. The van der Waals surface area contributed by atoms with Crippen LogP contribution < -0.4 is 20.3 Å². The third-order valence-electron chi connectivity index (χ3n) is 5.91. The summed E-state index contributed by atoms with van der Waals surface area (Å²) in [5, 5.41) is 15.3. The van der Waals surface area contributed by atoms with Crippen molar-refractivity contribution in [2.75, 3.05) is 22.6 Å². The number of nitrogens with zero attached hydrogens (tertiary/aromatic N) is 3. The molecule has 1 amide bonds. The van der Waals surface area contributed by atoms with Gasteiger partial charge in [0.1, 0.15) is 11.4 Å². The molecule has 1 saturated carbocycles. The van der Waals surface area contributed by atoms with E-state index in [2.05, 4.69) is 27.4 Å². The summed E-state index contributed by atoms with van der Waals surface area (Å²) in [7, 11) is 1.48. The quantitative estimate of drug-likeness (QED) is 0.662. The molecule has 1 aromatic heterocycles. The highest BCUT2D eigenvalue weighted by Crippen LogP contribution is 2.36. The van der Waals surface area contributed by atoms with Crippen molar-refractivity contribution in [3.63, 3.8) is 0 Å². The molecule has 9 nitrogen and oxygen atoms in total. The number of ether oxygens (including phenoxy) is 1. The lowest BCUT2D eigenvalue weighted by atomic mass is 9.93. The number of carbonyl (C=O) groups is 2. The number of carboxylic acids is 1. The Morgan fingerprint density at radius 3 is 2.77 bits per heavy atom. The fourth-order valence-corrected chi connectivity index (χ4v) is 4.43. The lowest BCUT2D eigenvalue weighted by molar-refractivity contribution is -0.116. The van der Waals surface area contributed by atoms with Gasteiger partial charge in [-0.05, 0) is 38.0 Å². The number of carboxylic acid groups (broad SMARTS) is 1. The highest BCUT2D eigenvalue weighted by Gasteiger charge is 2.33. The molecule has 1 atom stereocenters. The summed E-state index contributed by atoms with van der Waals surface area (Å²) in [4.78, 5) is 35.0. The predicted molar refractivity (Wildman–Crippen MR) is 117 cm³/mol. The molecule has 0 spiro atoms. The minimum absolute atomic E-state index is 0.0245. The monoisotopic (exact) mass is 425 g/mol. The van der Waals surface area contributed by atoms with Gasteiger partial charge in [-0.1, -0.05) is 19.3 Å². The lowest BCUT2D eigenvalue weighted by Gasteiger charge is -2.38. The second kappa shape index (κ2) is 8.79. The van der Waals surface area contributed by atoms with Crippen molar-refractivity contribution in [2.24, 2.45) is 0 Å². The summed E-state index contributed by atoms with van der Waals surface area (Å²) in [5.41, 5.74) is 1.30. The van der Waals surface area contributed by atoms with Crippen molar-refractivity contribution in [1.82, 2.24) is 9.97 Å². The first-order chi connectivity index (χ1) is 15.0. The van der Waals surface area contributed by atoms with E-state index >= 15 is 0 Å². The fourth-order valence-electron chi connectivity index (χ4n) is 4.43. The molecule has 1 aliphatic heterocycles. The molecule has 2 aromatic rings. The summed E-state index contributed by atoms with van der Waals surface area (Å²) in [6.45, 7) is 2.06. The Morgan fingerprint density at radius 1 is 1.29 bits per heavy atom. The van der Waals surface area contributed by atoms with E-state index in [9.17, 15) is 14.7 Å². The van der Waals surface area contributed by atoms with Gasteiger partial charge in [-0.25, -0.2) is 9.78 Å². The molecule has 0 saturated heterocycles. The first-order valence-electron chi connectivity index (χ1n) is 10.6. The molecule has 0 radical (unpaired) electrons. The van der Waals surface area contributed by atoms with Gasteiger partial charge in [-0.3, -0.25) is 4.79 Å². The Hall–Kier alpha value is -3.36. The summed E-state index contributed by atoms with van der Waals surface area (Å²) >= 11 is 0. The van der Waals surface area contributed by atoms with E-state index in [0.29, 0.717) is 41.4 Å². The second-order valence-corrected chi connectivity index (χ2v) is 8.08. The number of anilines is 4. The molecule has 3 N–H and O–H groups in total. The number of hydrogen-bond acceptors (Lipinski definition) is 7. The summed E-state index contributed by atoms with van der Waals surface area (Å²) in [5.74, 6) is 0.374. The Balaban J connectivity index is 1.69. The van der Waals surface area contributed by atoms with Crippen LogP contribution in [0.4, 0.5) is 23.1 Å². The molecule has 2 aliphatic rings. The van der Waals surface area contributed by atoms with E-state index < -0.39 is 5.97 Å². The number of hydrogen-bond donors (Lipinski definition) is 3. The van der Waals surface area contributed by atoms with Crippen molar-refractivity contribution in [3.8, 4) is 5.75 Å². The third-order valence-corrected chi connectivity index (χ3v) is 5.91. The van der Waals surface area contributed by atoms with Gasteiger partial charge in [0.2, 0.25) is 11.9 Å². The SMILES string of the molecule is COc1cc(C(=O)O)ccc1Nc1ncc2c(n1)N(C1CCCCC1)C(C)CC(=O)N2. The van der Waals surface area contributed by atoms with Crippen LogP contribution in [0.1, 0.15) is 55.8 Å². The zero-order chi connectivity index (χ0) is 22.0. The van der Waals surface area contributed by atoms with Gasteiger partial charge in [-0.15, -0.1) is 0 Å². The molecule has 9 heteroatoms. The maximum Gasteiger partial charge on any atom is 0.335 e. The van der Waals surface area contributed by atoms with E-state index in [1.54, 1.807) is 12.3 Å². The maximum absolute atomic E-state index is 12.4. The molecule has 1 aliphatic carbocycles. The van der Waals surface area contributed by atoms with Crippen LogP contribution >= 0.6 is 0 Å². The number of rotatable bonds is 5. The van der Waals surface area contributed by atoms with Crippen LogP contribution in [0.5, 0.6) is 5.75 Å². The minimum Gasteiger partial charge on any atom is -0.495 e. The van der Waals surface area contributed by atoms with Gasteiger partial charge in [-0.2, -0.15) is 4.98 Å². The highest BCUT2D eigenvalue weighted by molar-refractivity contribution is 5.96. The van der Waals surface area contributed by atoms with Crippen LogP contribution in [0.2, 0.25) is 0 Å². The molecule has 164 valence electrons. The van der Waals surface area contributed by atoms with Crippen LogP contribution in [0.25, 0.3) is 0 Å². The number of methoxy groups -OCH3 is 1. The van der Waals surface area contributed by atoms with E-state index in [4.69, 9.17) is 9.72 Å². The number of fused-ring (bicyclic) bond motifs is 1. The molecule has 1 aromatic carbocycles. The number of aromatic carboxylic acids is 1. The average molecular weight is 425 g/mol. The predicted octanol–water partition coefficient (Wildman–Crippen LogP) is 3.80. The van der Waals surface area contributed by atoms with Crippen molar-refractivity contribution >= 4 is 35.0 Å². The Kier molecular flexibility index (Phi) is 5.92. The number of aromatic nitrogens is 2. The maximum atomic E-state index is 12.4. The van der Waals surface area contributed by atoms with Crippen molar-refractivity contribution in [3.05, 3.63) is 30.0 Å². The number of amides is 1. The molecule has 4 rings (SSSR count). The van der Waals surface area contributed by atoms with Gasteiger partial charge < -0.3 is 25.4 Å². The van der Waals surface area contributed by atoms with E-state index in [1.165, 1.54) is 38.5 Å². The van der Waals surface area contributed by atoms with Crippen LogP contribution in [-0.4, -0.2) is 46.1 Å². The topological polar surface area (TPSA) is 117 Å². The first kappa shape index (κ1) is 20.9. The van der Waals surface area contributed by atoms with Crippen LogP contribution in [0.15, 0.2) is 24.4 Å². The summed E-state index contributed by atoms with van der Waals surface area (Å²) in [6.07, 6.45) is 7.77.